The highest BCUT2D eigenvalue weighted by Gasteiger charge is 2.14. The summed E-state index contributed by atoms with van der Waals surface area (Å²) in [6, 6.07) is 1.44. The molecule has 0 aliphatic carbocycles. The largest absolute Gasteiger partial charge is 0.475 e. The molecule has 0 aliphatic rings. The van der Waals surface area contributed by atoms with Gasteiger partial charge >= 0.3 is 5.97 Å². The van der Waals surface area contributed by atoms with Gasteiger partial charge in [-0.3, -0.25) is 4.21 Å². The minimum Gasteiger partial charge on any atom is -0.475 e. The Bertz CT molecular complexity index is 410. The molecule has 1 rings (SSSR count). The van der Waals surface area contributed by atoms with Crippen LogP contribution in [0.15, 0.2) is 10.5 Å². The summed E-state index contributed by atoms with van der Waals surface area (Å²) >= 11 is 0. The number of aromatic carboxylic acids is 1. The average molecular weight is 260 g/mol. The number of carbonyl (C=O) groups is 1. The SMILES string of the molecule is COCCCS(=O)Cc1cc(C(=O)O)oc1C. The number of hydrogen-bond donors (Lipinski definition) is 1. The highest BCUT2D eigenvalue weighted by Crippen LogP contribution is 2.16. The number of furan rings is 1. The van der Waals surface area contributed by atoms with Gasteiger partial charge < -0.3 is 14.3 Å². The fraction of sp³-hybridized carbons (Fsp3) is 0.545. The van der Waals surface area contributed by atoms with Gasteiger partial charge in [-0.1, -0.05) is 0 Å². The molecule has 0 saturated carbocycles. The molecule has 0 amide bonds. The van der Waals surface area contributed by atoms with Gasteiger partial charge in [-0.2, -0.15) is 0 Å². The van der Waals surface area contributed by atoms with Crippen molar-refractivity contribution in [1.29, 1.82) is 0 Å². The van der Waals surface area contributed by atoms with Gasteiger partial charge in [0.15, 0.2) is 0 Å². The molecular weight excluding hydrogens is 244 g/mol. The first-order valence-corrected chi connectivity index (χ1v) is 6.70. The zero-order valence-corrected chi connectivity index (χ0v) is 10.7. The van der Waals surface area contributed by atoms with E-state index >= 15 is 0 Å². The summed E-state index contributed by atoms with van der Waals surface area (Å²) in [6.45, 7) is 2.25. The maximum Gasteiger partial charge on any atom is 0.371 e. The van der Waals surface area contributed by atoms with Crippen molar-refractivity contribution in [2.75, 3.05) is 19.5 Å². The monoisotopic (exact) mass is 260 g/mol. The summed E-state index contributed by atoms with van der Waals surface area (Å²) < 4.78 is 21.6. The smallest absolute Gasteiger partial charge is 0.371 e. The van der Waals surface area contributed by atoms with Crippen LogP contribution in [0.1, 0.15) is 28.3 Å². The van der Waals surface area contributed by atoms with Crippen molar-refractivity contribution >= 4 is 16.8 Å². The molecule has 0 aromatic carbocycles. The lowest BCUT2D eigenvalue weighted by Crippen LogP contribution is -2.04. The Morgan fingerprint density at radius 2 is 2.29 bits per heavy atom. The van der Waals surface area contributed by atoms with E-state index in [2.05, 4.69) is 0 Å². The van der Waals surface area contributed by atoms with Crippen LogP contribution in [0.2, 0.25) is 0 Å². The molecule has 0 radical (unpaired) electrons. The lowest BCUT2D eigenvalue weighted by atomic mass is 10.3. The second-order valence-electron chi connectivity index (χ2n) is 3.63. The minimum absolute atomic E-state index is 0.105. The first kappa shape index (κ1) is 13.9. The standard InChI is InChI=1S/C11H16O5S/c1-8-9(6-10(16-8)11(12)13)7-17(14)5-3-4-15-2/h6H,3-5,7H2,1-2H3,(H,12,13). The van der Waals surface area contributed by atoms with Gasteiger partial charge in [0.1, 0.15) is 5.76 Å². The van der Waals surface area contributed by atoms with E-state index < -0.39 is 16.8 Å². The average Bonchev–Trinajstić information content (AvgIpc) is 2.61. The normalized spacial score (nSPS) is 12.6. The van der Waals surface area contributed by atoms with Crippen LogP contribution < -0.4 is 0 Å². The quantitative estimate of drug-likeness (QED) is 0.753. The number of aryl methyl sites for hydroxylation is 1. The van der Waals surface area contributed by atoms with Gasteiger partial charge in [0.05, 0.1) is 5.75 Å². The van der Waals surface area contributed by atoms with Crippen molar-refractivity contribution in [3.63, 3.8) is 0 Å². The van der Waals surface area contributed by atoms with Crippen molar-refractivity contribution in [1.82, 2.24) is 0 Å². The number of rotatable bonds is 7. The number of methoxy groups -OCH3 is 1. The Morgan fingerprint density at radius 1 is 1.59 bits per heavy atom. The molecule has 1 atom stereocenters. The van der Waals surface area contributed by atoms with Crippen LogP contribution in [0.5, 0.6) is 0 Å². The van der Waals surface area contributed by atoms with Gasteiger partial charge in [0.25, 0.3) is 0 Å². The molecule has 96 valence electrons. The molecule has 5 nitrogen and oxygen atoms in total. The van der Waals surface area contributed by atoms with Gasteiger partial charge in [0, 0.05) is 35.8 Å². The minimum atomic E-state index is -1.11. The Kier molecular flexibility index (Phi) is 5.37. The second-order valence-corrected chi connectivity index (χ2v) is 5.21. The molecule has 1 N–H and O–H groups in total. The predicted octanol–water partition coefficient (Wildman–Crippen LogP) is 1.57. The Morgan fingerprint density at radius 3 is 2.82 bits per heavy atom. The van der Waals surface area contributed by atoms with E-state index in [1.54, 1.807) is 14.0 Å². The molecule has 0 fully saturated rings. The third-order valence-electron chi connectivity index (χ3n) is 2.27. The fourth-order valence-corrected chi connectivity index (χ4v) is 2.60. The van der Waals surface area contributed by atoms with Gasteiger partial charge in [0.2, 0.25) is 5.76 Å². The van der Waals surface area contributed by atoms with Crippen LogP contribution in [0.3, 0.4) is 0 Å². The third-order valence-corrected chi connectivity index (χ3v) is 3.65. The van der Waals surface area contributed by atoms with E-state index in [4.69, 9.17) is 14.3 Å². The topological polar surface area (TPSA) is 76.7 Å². The first-order valence-electron chi connectivity index (χ1n) is 5.21. The summed E-state index contributed by atoms with van der Waals surface area (Å²) in [5.41, 5.74) is 0.693. The van der Waals surface area contributed by atoms with Crippen molar-refractivity contribution < 1.29 is 23.3 Å². The molecule has 1 aromatic heterocycles. The van der Waals surface area contributed by atoms with Gasteiger partial charge in [-0.15, -0.1) is 0 Å². The predicted molar refractivity (Wildman–Crippen MR) is 63.6 cm³/mol. The fourth-order valence-electron chi connectivity index (χ4n) is 1.38. The molecule has 1 aromatic rings. The molecule has 1 heterocycles. The number of carboxylic acids is 1. The van der Waals surface area contributed by atoms with Crippen LogP contribution in [0, 0.1) is 6.92 Å². The highest BCUT2D eigenvalue weighted by atomic mass is 32.2. The van der Waals surface area contributed by atoms with Crippen molar-refractivity contribution in [3.05, 3.63) is 23.2 Å². The zero-order valence-electron chi connectivity index (χ0n) is 9.89. The maximum absolute atomic E-state index is 11.7. The van der Waals surface area contributed by atoms with Gasteiger partial charge in [-0.25, -0.2) is 4.79 Å². The summed E-state index contributed by atoms with van der Waals surface area (Å²) in [5, 5.41) is 8.74. The Balaban J connectivity index is 2.56. The molecule has 0 aliphatic heterocycles. The lowest BCUT2D eigenvalue weighted by molar-refractivity contribution is 0.0661. The van der Waals surface area contributed by atoms with E-state index in [-0.39, 0.29) is 5.76 Å². The number of hydrogen-bond acceptors (Lipinski definition) is 4. The van der Waals surface area contributed by atoms with E-state index in [0.717, 1.165) is 6.42 Å². The molecule has 17 heavy (non-hydrogen) atoms. The Labute approximate surface area is 102 Å². The van der Waals surface area contributed by atoms with E-state index in [1.165, 1.54) is 6.07 Å². The second kappa shape index (κ2) is 6.56. The van der Waals surface area contributed by atoms with E-state index in [1.807, 2.05) is 0 Å². The van der Waals surface area contributed by atoms with E-state index in [9.17, 15) is 9.00 Å². The maximum atomic E-state index is 11.7. The highest BCUT2D eigenvalue weighted by molar-refractivity contribution is 7.84. The van der Waals surface area contributed by atoms with E-state index in [0.29, 0.717) is 29.4 Å². The summed E-state index contributed by atoms with van der Waals surface area (Å²) in [4.78, 5) is 10.7. The number of ether oxygens (including phenoxy) is 1. The molecule has 0 bridgehead atoms. The molecule has 0 saturated heterocycles. The van der Waals surface area contributed by atoms with Gasteiger partial charge in [-0.05, 0) is 19.4 Å². The summed E-state index contributed by atoms with van der Waals surface area (Å²) in [5.74, 6) is 0.172. The molecule has 6 heteroatoms. The zero-order chi connectivity index (χ0) is 12.8. The summed E-state index contributed by atoms with van der Waals surface area (Å²) in [6.07, 6.45) is 0.728. The van der Waals surface area contributed by atoms with Crippen LogP contribution in [-0.4, -0.2) is 34.8 Å². The van der Waals surface area contributed by atoms with Crippen LogP contribution >= 0.6 is 0 Å². The lowest BCUT2D eigenvalue weighted by Gasteiger charge is -2.00. The van der Waals surface area contributed by atoms with Crippen molar-refractivity contribution in [3.8, 4) is 0 Å². The third kappa shape index (κ3) is 4.32. The molecular formula is C11H16O5S. The van der Waals surface area contributed by atoms with Crippen molar-refractivity contribution in [2.45, 2.75) is 19.1 Å². The van der Waals surface area contributed by atoms with Crippen LogP contribution in [0.4, 0.5) is 0 Å². The number of carboxylic acid groups (broad SMARTS) is 1. The summed E-state index contributed by atoms with van der Waals surface area (Å²) in [7, 11) is 0.584. The van der Waals surface area contributed by atoms with Crippen LogP contribution in [-0.2, 0) is 21.3 Å². The molecule has 1 unspecified atom stereocenters. The Hall–Kier alpha value is -1.14. The van der Waals surface area contributed by atoms with Crippen molar-refractivity contribution in [2.24, 2.45) is 0 Å². The molecule has 0 spiro atoms. The van der Waals surface area contributed by atoms with Crippen LogP contribution in [0.25, 0.3) is 0 Å². The first-order chi connectivity index (χ1) is 8.04.